The lowest BCUT2D eigenvalue weighted by molar-refractivity contribution is -0.131. The summed E-state index contributed by atoms with van der Waals surface area (Å²) < 4.78 is 23.6. The quantitative estimate of drug-likeness (QED) is 0.701. The third kappa shape index (κ3) is 6.63. The molecule has 0 radical (unpaired) electrons. The minimum absolute atomic E-state index is 0.788. The fourth-order valence-corrected chi connectivity index (χ4v) is 1.25. The molecule has 0 saturated heterocycles. The van der Waals surface area contributed by atoms with Crippen LogP contribution in [0.3, 0.4) is 0 Å². The average Bonchev–Trinajstić information content (AvgIpc) is 2.01. The maximum atomic E-state index is 10.8. The van der Waals surface area contributed by atoms with Crippen LogP contribution in [0, 0.1) is 0 Å². The van der Waals surface area contributed by atoms with Gasteiger partial charge in [0.15, 0.2) is 0 Å². The van der Waals surface area contributed by atoms with Gasteiger partial charge in [0.1, 0.15) is 8.15 Å². The van der Waals surface area contributed by atoms with Crippen molar-refractivity contribution in [2.24, 2.45) is 0 Å². The first kappa shape index (κ1) is 13.1. The molecule has 0 N–H and O–H groups in total. The van der Waals surface area contributed by atoms with E-state index in [4.69, 9.17) is 0 Å². The van der Waals surface area contributed by atoms with Gasteiger partial charge < -0.3 is 13.6 Å². The first-order valence-electron chi connectivity index (χ1n) is 3.43. The summed E-state index contributed by atoms with van der Waals surface area (Å²) in [4.78, 5) is 21.0. The van der Waals surface area contributed by atoms with Gasteiger partial charge in [-0.25, -0.2) is 9.36 Å². The first-order chi connectivity index (χ1) is 6.45. The molecule has 0 aliphatic heterocycles. The number of hydrogen-bond acceptors (Lipinski definition) is 6. The van der Waals surface area contributed by atoms with Gasteiger partial charge in [0.05, 0.1) is 0 Å². The molecule has 0 saturated carbocycles. The van der Waals surface area contributed by atoms with Gasteiger partial charge >= 0.3 is 20.4 Å². The second-order valence-corrected chi connectivity index (χ2v) is 4.56. The van der Waals surface area contributed by atoms with Crippen LogP contribution in [0.25, 0.3) is 0 Å². The summed E-state index contributed by atoms with van der Waals surface area (Å²) in [5.41, 5.74) is 0. The predicted octanol–water partition coefficient (Wildman–Crippen LogP) is 2.26. The maximum absolute atomic E-state index is 10.8. The molecule has 0 fully saturated rings. The highest BCUT2D eigenvalue weighted by Gasteiger charge is 2.13. The second kappa shape index (κ2) is 6.57. The van der Waals surface area contributed by atoms with Crippen LogP contribution < -0.4 is 0 Å². The van der Waals surface area contributed by atoms with Crippen LogP contribution in [0.4, 0.5) is 4.79 Å². The van der Waals surface area contributed by atoms with Crippen LogP contribution in [0.1, 0.15) is 6.92 Å². The van der Waals surface area contributed by atoms with Crippen LogP contribution in [-0.2, 0) is 22.9 Å². The Morgan fingerprint density at radius 2 is 2.00 bits per heavy atom. The highest BCUT2D eigenvalue weighted by Crippen LogP contribution is 2.35. The van der Waals surface area contributed by atoms with E-state index in [9.17, 15) is 14.2 Å². The first-order valence-corrected chi connectivity index (χ1v) is 6.43. The molecule has 0 aliphatic rings. The van der Waals surface area contributed by atoms with Crippen LogP contribution in [0.2, 0.25) is 0 Å². The molecule has 2 unspecified atom stereocenters. The molecule has 0 amide bonds. The molecule has 80 valence electrons. The molecular formula is C6H10O6P2. The molecule has 14 heavy (non-hydrogen) atoms. The van der Waals surface area contributed by atoms with Gasteiger partial charge in [0.25, 0.3) is 0 Å². The Labute approximate surface area is 83.0 Å². The van der Waals surface area contributed by atoms with E-state index in [1.165, 1.54) is 5.82 Å². The summed E-state index contributed by atoms with van der Waals surface area (Å²) in [6, 6.07) is 0. The fraction of sp³-hybridized carbons (Fsp3) is 0.333. The smallest absolute Gasteiger partial charge is 0.409 e. The lowest BCUT2D eigenvalue weighted by Crippen LogP contribution is -2.00. The van der Waals surface area contributed by atoms with E-state index in [-0.39, 0.29) is 0 Å². The summed E-state index contributed by atoms with van der Waals surface area (Å²) in [6.07, 6.45) is -1.14. The standard InChI is InChI=1S/C6H10O6P2/c1-4-13(3)11-6(8)12-14(9)10-5(2)7/h4,14H,1H2,2-3H3. The number of carbonyl (C=O) groups is 2. The summed E-state index contributed by atoms with van der Waals surface area (Å²) in [5, 5.41) is 0. The summed E-state index contributed by atoms with van der Waals surface area (Å²) in [6.45, 7) is 6.04. The average molecular weight is 240 g/mol. The van der Waals surface area contributed by atoms with E-state index >= 15 is 0 Å². The molecule has 0 rings (SSSR count). The zero-order valence-electron chi connectivity index (χ0n) is 7.68. The topological polar surface area (TPSA) is 78.9 Å². The predicted molar refractivity (Wildman–Crippen MR) is 51.4 cm³/mol. The third-order valence-corrected chi connectivity index (χ3v) is 2.61. The Bertz CT molecular complexity index is 263. The summed E-state index contributed by atoms with van der Waals surface area (Å²) in [5.74, 6) is 0.629. The molecule has 0 heterocycles. The number of rotatable bonds is 4. The van der Waals surface area contributed by atoms with Gasteiger partial charge in [-0.3, -0.25) is 4.79 Å². The molecule has 2 atom stereocenters. The van der Waals surface area contributed by atoms with Crippen molar-refractivity contribution in [3.8, 4) is 0 Å². The number of hydrogen-bond donors (Lipinski definition) is 0. The number of carbonyl (C=O) groups excluding carboxylic acids is 2. The van der Waals surface area contributed by atoms with Crippen molar-refractivity contribution >= 4 is 28.5 Å². The Balaban J connectivity index is 3.88. The molecule has 0 bridgehead atoms. The highest BCUT2D eigenvalue weighted by atomic mass is 31.1. The van der Waals surface area contributed by atoms with Gasteiger partial charge in [-0.15, -0.1) is 0 Å². The zero-order valence-corrected chi connectivity index (χ0v) is 9.58. The maximum Gasteiger partial charge on any atom is 0.518 e. The zero-order chi connectivity index (χ0) is 11.1. The lowest BCUT2D eigenvalue weighted by atomic mass is 10.9. The van der Waals surface area contributed by atoms with E-state index < -0.39 is 28.5 Å². The molecule has 0 aromatic heterocycles. The van der Waals surface area contributed by atoms with Crippen molar-refractivity contribution < 1.29 is 27.7 Å². The van der Waals surface area contributed by atoms with E-state index in [1.807, 2.05) is 0 Å². The van der Waals surface area contributed by atoms with Gasteiger partial charge in [-0.1, -0.05) is 6.58 Å². The van der Waals surface area contributed by atoms with Gasteiger partial charge in [-0.2, -0.15) is 0 Å². The lowest BCUT2D eigenvalue weighted by Gasteiger charge is -2.07. The van der Waals surface area contributed by atoms with E-state index in [2.05, 4.69) is 20.2 Å². The molecular weight excluding hydrogens is 230 g/mol. The minimum atomic E-state index is -3.14. The Hall–Kier alpha value is -0.860. The van der Waals surface area contributed by atoms with E-state index in [1.54, 1.807) is 6.66 Å². The summed E-state index contributed by atoms with van der Waals surface area (Å²) >= 11 is 0. The van der Waals surface area contributed by atoms with Crippen molar-refractivity contribution in [3.63, 3.8) is 0 Å². The van der Waals surface area contributed by atoms with Crippen molar-refractivity contribution in [1.82, 2.24) is 0 Å². The van der Waals surface area contributed by atoms with Gasteiger partial charge in [-0.05, 0) is 12.5 Å². The molecule has 0 aliphatic carbocycles. The monoisotopic (exact) mass is 240 g/mol. The normalized spacial score (nSPS) is 13.6. The van der Waals surface area contributed by atoms with E-state index in [0.717, 1.165) is 6.92 Å². The Kier molecular flexibility index (Phi) is 6.17. The van der Waals surface area contributed by atoms with Gasteiger partial charge in [0, 0.05) is 6.92 Å². The van der Waals surface area contributed by atoms with Crippen molar-refractivity contribution in [2.75, 3.05) is 6.66 Å². The highest BCUT2D eigenvalue weighted by molar-refractivity contribution is 7.55. The van der Waals surface area contributed by atoms with Crippen LogP contribution >= 0.6 is 16.4 Å². The van der Waals surface area contributed by atoms with Crippen LogP contribution in [-0.4, -0.2) is 18.8 Å². The largest absolute Gasteiger partial charge is 0.518 e. The van der Waals surface area contributed by atoms with Crippen molar-refractivity contribution in [2.45, 2.75) is 6.92 Å². The SMILES string of the molecule is C=CP(C)OC(=O)O[PH](=O)OC(C)=O. The third-order valence-electron chi connectivity index (χ3n) is 0.869. The Morgan fingerprint density at radius 1 is 1.43 bits per heavy atom. The van der Waals surface area contributed by atoms with Crippen molar-refractivity contribution in [3.05, 3.63) is 12.4 Å². The van der Waals surface area contributed by atoms with Crippen LogP contribution in [0.15, 0.2) is 12.4 Å². The molecule has 0 aromatic rings. The fourth-order valence-electron chi connectivity index (χ4n) is 0.380. The second-order valence-electron chi connectivity index (χ2n) is 2.02. The molecule has 0 aromatic carbocycles. The van der Waals surface area contributed by atoms with Gasteiger partial charge in [0.2, 0.25) is 0 Å². The Morgan fingerprint density at radius 3 is 2.43 bits per heavy atom. The molecule has 8 heteroatoms. The van der Waals surface area contributed by atoms with Crippen LogP contribution in [0.5, 0.6) is 0 Å². The van der Waals surface area contributed by atoms with E-state index in [0.29, 0.717) is 0 Å². The molecule has 0 spiro atoms. The minimum Gasteiger partial charge on any atom is -0.409 e. The summed E-state index contributed by atoms with van der Waals surface area (Å²) in [7, 11) is -4.28. The molecule has 6 nitrogen and oxygen atoms in total. The van der Waals surface area contributed by atoms with Crippen molar-refractivity contribution in [1.29, 1.82) is 0 Å².